The predicted molar refractivity (Wildman–Crippen MR) is 71.3 cm³/mol. The van der Waals surface area contributed by atoms with Gasteiger partial charge < -0.3 is 9.47 Å². The lowest BCUT2D eigenvalue weighted by atomic mass is 10.2. The molecule has 0 fully saturated rings. The van der Waals surface area contributed by atoms with E-state index in [9.17, 15) is 0 Å². The average molecular weight is 312 g/mol. The Morgan fingerprint density at radius 3 is 2.72 bits per heavy atom. The van der Waals surface area contributed by atoms with Crippen LogP contribution >= 0.6 is 15.9 Å². The van der Waals surface area contributed by atoms with E-state index in [0.29, 0.717) is 11.9 Å². The number of ether oxygens (including phenoxy) is 2. The van der Waals surface area contributed by atoms with Gasteiger partial charge in [0.05, 0.1) is 26.5 Å². The van der Waals surface area contributed by atoms with Gasteiger partial charge in [-0.25, -0.2) is 4.68 Å². The molecule has 0 unspecified atom stereocenters. The molecule has 0 N–H and O–H groups in total. The fourth-order valence-electron chi connectivity index (χ4n) is 1.66. The van der Waals surface area contributed by atoms with Crippen molar-refractivity contribution in [2.75, 3.05) is 14.2 Å². The summed E-state index contributed by atoms with van der Waals surface area (Å²) in [5.41, 5.74) is 1.90. The van der Waals surface area contributed by atoms with Gasteiger partial charge >= 0.3 is 0 Å². The fraction of sp³-hybridized carbons (Fsp3) is 0.333. The van der Waals surface area contributed by atoms with Crippen molar-refractivity contribution in [2.24, 2.45) is 0 Å². The van der Waals surface area contributed by atoms with Gasteiger partial charge in [0.25, 0.3) is 0 Å². The topological polar surface area (TPSA) is 49.2 Å². The Morgan fingerprint density at radius 2 is 2.11 bits per heavy atom. The molecule has 1 aromatic carbocycles. The second-order valence-electron chi connectivity index (χ2n) is 3.72. The van der Waals surface area contributed by atoms with Crippen molar-refractivity contribution >= 4 is 15.9 Å². The van der Waals surface area contributed by atoms with E-state index < -0.39 is 0 Å². The molecular formula is C12H14BrN3O2. The third-order valence-electron chi connectivity index (χ3n) is 2.54. The Labute approximate surface area is 114 Å². The number of halogens is 1. The van der Waals surface area contributed by atoms with Gasteiger partial charge in [-0.3, -0.25) is 0 Å². The van der Waals surface area contributed by atoms with Crippen molar-refractivity contribution in [2.45, 2.75) is 11.9 Å². The standard InChI is InChI=1S/C12H14BrN3O2/c1-17-11-3-4-12(18-2)9(5-11)7-16-8-10(6-13)14-15-16/h3-5,8H,6-7H2,1-2H3. The lowest BCUT2D eigenvalue weighted by molar-refractivity contribution is 0.396. The summed E-state index contributed by atoms with van der Waals surface area (Å²) in [6.07, 6.45) is 1.90. The van der Waals surface area contributed by atoms with Crippen LogP contribution in [0.1, 0.15) is 11.3 Å². The molecule has 1 aromatic heterocycles. The maximum atomic E-state index is 5.32. The molecule has 2 rings (SSSR count). The Bertz CT molecular complexity index is 528. The second-order valence-corrected chi connectivity index (χ2v) is 4.28. The molecule has 5 nitrogen and oxygen atoms in total. The number of rotatable bonds is 5. The maximum absolute atomic E-state index is 5.32. The van der Waals surface area contributed by atoms with Gasteiger partial charge in [-0.2, -0.15) is 0 Å². The monoisotopic (exact) mass is 311 g/mol. The van der Waals surface area contributed by atoms with Gasteiger partial charge in [-0.05, 0) is 18.2 Å². The van der Waals surface area contributed by atoms with Crippen LogP contribution in [0.5, 0.6) is 11.5 Å². The molecule has 0 atom stereocenters. The molecule has 0 spiro atoms. The molecule has 0 amide bonds. The molecule has 2 aromatic rings. The van der Waals surface area contributed by atoms with Crippen LogP contribution < -0.4 is 9.47 Å². The van der Waals surface area contributed by atoms with Crippen molar-refractivity contribution in [3.8, 4) is 11.5 Å². The van der Waals surface area contributed by atoms with Crippen LogP contribution in [0.25, 0.3) is 0 Å². The summed E-state index contributed by atoms with van der Waals surface area (Å²) in [6.45, 7) is 0.598. The minimum atomic E-state index is 0.598. The Hall–Kier alpha value is -1.56. The zero-order valence-corrected chi connectivity index (χ0v) is 11.8. The molecule has 6 heteroatoms. The van der Waals surface area contributed by atoms with Crippen LogP contribution in [-0.2, 0) is 11.9 Å². The fourth-order valence-corrected chi connectivity index (χ4v) is 1.91. The molecule has 0 aliphatic heterocycles. The summed E-state index contributed by atoms with van der Waals surface area (Å²) in [6, 6.07) is 5.69. The smallest absolute Gasteiger partial charge is 0.124 e. The molecule has 0 aliphatic carbocycles. The molecule has 0 bridgehead atoms. The largest absolute Gasteiger partial charge is 0.497 e. The van der Waals surface area contributed by atoms with Crippen molar-refractivity contribution in [1.29, 1.82) is 0 Å². The van der Waals surface area contributed by atoms with E-state index >= 15 is 0 Å². The minimum absolute atomic E-state index is 0.598. The predicted octanol–water partition coefficient (Wildman–Crippen LogP) is 2.24. The van der Waals surface area contributed by atoms with E-state index in [1.807, 2.05) is 24.4 Å². The van der Waals surface area contributed by atoms with Gasteiger partial charge in [0.2, 0.25) is 0 Å². The Morgan fingerprint density at radius 1 is 1.28 bits per heavy atom. The third-order valence-corrected chi connectivity index (χ3v) is 3.12. The van der Waals surface area contributed by atoms with E-state index in [2.05, 4.69) is 26.2 Å². The highest BCUT2D eigenvalue weighted by Gasteiger charge is 2.07. The number of aromatic nitrogens is 3. The van der Waals surface area contributed by atoms with Gasteiger partial charge in [-0.1, -0.05) is 21.1 Å². The van der Waals surface area contributed by atoms with E-state index in [1.54, 1.807) is 18.9 Å². The molecule has 0 aliphatic rings. The SMILES string of the molecule is COc1ccc(OC)c(Cn2cc(CBr)nn2)c1. The van der Waals surface area contributed by atoms with E-state index in [4.69, 9.17) is 9.47 Å². The van der Waals surface area contributed by atoms with Gasteiger partial charge in [0.15, 0.2) is 0 Å². The molecular weight excluding hydrogens is 298 g/mol. The Balaban J connectivity index is 2.25. The van der Waals surface area contributed by atoms with Crippen LogP contribution in [-0.4, -0.2) is 29.2 Å². The van der Waals surface area contributed by atoms with Gasteiger partial charge in [0.1, 0.15) is 11.5 Å². The Kier molecular flexibility index (Phi) is 4.19. The third kappa shape index (κ3) is 2.81. The zero-order chi connectivity index (χ0) is 13.0. The molecule has 1 heterocycles. The summed E-state index contributed by atoms with van der Waals surface area (Å²) in [5.74, 6) is 1.61. The number of alkyl halides is 1. The average Bonchev–Trinajstić information content (AvgIpc) is 2.86. The van der Waals surface area contributed by atoms with Crippen molar-refractivity contribution in [3.63, 3.8) is 0 Å². The highest BCUT2D eigenvalue weighted by molar-refractivity contribution is 9.08. The first kappa shape index (κ1) is 12.9. The first-order chi connectivity index (χ1) is 8.76. The molecule has 0 saturated carbocycles. The van der Waals surface area contributed by atoms with Gasteiger partial charge in [0, 0.05) is 17.1 Å². The highest BCUT2D eigenvalue weighted by Crippen LogP contribution is 2.24. The second kappa shape index (κ2) is 5.86. The van der Waals surface area contributed by atoms with Crippen LogP contribution in [0.15, 0.2) is 24.4 Å². The van der Waals surface area contributed by atoms with E-state index in [0.717, 1.165) is 22.8 Å². The van der Waals surface area contributed by atoms with E-state index in [-0.39, 0.29) is 0 Å². The summed E-state index contributed by atoms with van der Waals surface area (Å²) in [5, 5.41) is 8.77. The van der Waals surface area contributed by atoms with Crippen LogP contribution in [0.4, 0.5) is 0 Å². The molecule has 18 heavy (non-hydrogen) atoms. The quantitative estimate of drug-likeness (QED) is 0.795. The van der Waals surface area contributed by atoms with E-state index in [1.165, 1.54) is 0 Å². The van der Waals surface area contributed by atoms with Gasteiger partial charge in [-0.15, -0.1) is 5.10 Å². The summed E-state index contributed by atoms with van der Waals surface area (Å²) < 4.78 is 12.3. The normalized spacial score (nSPS) is 10.4. The molecule has 96 valence electrons. The summed E-state index contributed by atoms with van der Waals surface area (Å²) in [7, 11) is 3.29. The number of benzene rings is 1. The first-order valence-electron chi connectivity index (χ1n) is 5.42. The maximum Gasteiger partial charge on any atom is 0.124 e. The number of nitrogens with zero attached hydrogens (tertiary/aromatic N) is 3. The zero-order valence-electron chi connectivity index (χ0n) is 10.3. The number of hydrogen-bond acceptors (Lipinski definition) is 4. The minimum Gasteiger partial charge on any atom is -0.497 e. The van der Waals surface area contributed by atoms with Crippen LogP contribution in [0.2, 0.25) is 0 Å². The van der Waals surface area contributed by atoms with Crippen LogP contribution in [0.3, 0.4) is 0 Å². The summed E-state index contributed by atoms with van der Waals surface area (Å²) >= 11 is 3.35. The lowest BCUT2D eigenvalue weighted by Gasteiger charge is -2.10. The van der Waals surface area contributed by atoms with Crippen molar-refractivity contribution < 1.29 is 9.47 Å². The highest BCUT2D eigenvalue weighted by atomic mass is 79.9. The lowest BCUT2D eigenvalue weighted by Crippen LogP contribution is -2.03. The first-order valence-corrected chi connectivity index (χ1v) is 6.55. The molecule has 0 radical (unpaired) electrons. The molecule has 0 saturated heterocycles. The number of methoxy groups -OCH3 is 2. The van der Waals surface area contributed by atoms with Crippen LogP contribution in [0, 0.1) is 0 Å². The van der Waals surface area contributed by atoms with Crippen molar-refractivity contribution in [1.82, 2.24) is 15.0 Å². The summed E-state index contributed by atoms with van der Waals surface area (Å²) in [4.78, 5) is 0. The van der Waals surface area contributed by atoms with Crippen molar-refractivity contribution in [3.05, 3.63) is 35.7 Å². The number of hydrogen-bond donors (Lipinski definition) is 0.